The second-order valence-electron chi connectivity index (χ2n) is 8.38. The lowest BCUT2D eigenvalue weighted by Gasteiger charge is -2.09. The zero-order valence-corrected chi connectivity index (χ0v) is 18.8. The first-order valence-corrected chi connectivity index (χ1v) is 11.3. The fourth-order valence-electron chi connectivity index (χ4n) is 3.91. The van der Waals surface area contributed by atoms with Crippen LogP contribution in [0.5, 0.6) is 0 Å². The van der Waals surface area contributed by atoms with E-state index in [-0.39, 0.29) is 11.4 Å². The van der Waals surface area contributed by atoms with Gasteiger partial charge in [-0.15, -0.1) is 0 Å². The highest BCUT2D eigenvalue weighted by Crippen LogP contribution is 2.25. The van der Waals surface area contributed by atoms with Gasteiger partial charge >= 0.3 is 6.18 Å². The summed E-state index contributed by atoms with van der Waals surface area (Å²) in [6.07, 6.45) is -3.16. The zero-order chi connectivity index (χ0) is 24.1. The first-order chi connectivity index (χ1) is 16.3. The highest BCUT2D eigenvalue weighted by atomic mass is 19.4. The maximum Gasteiger partial charge on any atom is 0.393 e. The van der Waals surface area contributed by atoms with Gasteiger partial charge in [-0.1, -0.05) is 73.4 Å². The van der Waals surface area contributed by atoms with E-state index in [2.05, 4.69) is 30.9 Å². The van der Waals surface area contributed by atoms with Crippen molar-refractivity contribution in [3.63, 3.8) is 0 Å². The molecule has 0 aliphatic carbocycles. The van der Waals surface area contributed by atoms with E-state index in [9.17, 15) is 13.2 Å². The average Bonchev–Trinajstić information content (AvgIpc) is 2.82. The van der Waals surface area contributed by atoms with Crippen molar-refractivity contribution in [2.75, 3.05) is 0 Å². The van der Waals surface area contributed by atoms with Gasteiger partial charge in [-0.3, -0.25) is 0 Å². The van der Waals surface area contributed by atoms with E-state index in [1.54, 1.807) is 24.3 Å². The van der Waals surface area contributed by atoms with Crippen LogP contribution in [0.3, 0.4) is 0 Å². The standard InChI is InChI=1S/C30H24F4/c1-2-21-3-5-22(6-4-21)7-10-24-14-18-28-27(19-24)17-16-26(29(28)31)15-13-23-8-11-25(12-9-23)20-30(32,33)34/h3-6,8-9,11-12,14,16-19H,2,13,15,20H2,1H3. The fourth-order valence-corrected chi connectivity index (χ4v) is 3.91. The summed E-state index contributed by atoms with van der Waals surface area (Å²) in [6.45, 7) is 2.11. The van der Waals surface area contributed by atoms with Gasteiger partial charge in [0.1, 0.15) is 5.82 Å². The molecule has 0 N–H and O–H groups in total. The second-order valence-corrected chi connectivity index (χ2v) is 8.38. The molecule has 0 unspecified atom stereocenters. The molecule has 0 aromatic heterocycles. The molecule has 0 saturated heterocycles. The predicted octanol–water partition coefficient (Wildman–Crippen LogP) is 7.83. The zero-order valence-electron chi connectivity index (χ0n) is 18.8. The lowest BCUT2D eigenvalue weighted by atomic mass is 9.98. The Labute approximate surface area is 197 Å². The lowest BCUT2D eigenvalue weighted by molar-refractivity contribution is -0.127. The quantitative estimate of drug-likeness (QED) is 0.210. The first-order valence-electron chi connectivity index (χ1n) is 11.3. The molecule has 0 fully saturated rings. The van der Waals surface area contributed by atoms with E-state index in [0.717, 1.165) is 28.5 Å². The number of fused-ring (bicyclic) bond motifs is 1. The third-order valence-electron chi connectivity index (χ3n) is 5.86. The Hall–Kier alpha value is -3.58. The maximum absolute atomic E-state index is 15.1. The van der Waals surface area contributed by atoms with E-state index in [4.69, 9.17) is 0 Å². The summed E-state index contributed by atoms with van der Waals surface area (Å²) >= 11 is 0. The van der Waals surface area contributed by atoms with E-state index in [1.807, 2.05) is 30.3 Å². The van der Waals surface area contributed by atoms with Crippen LogP contribution in [0.4, 0.5) is 17.6 Å². The molecule has 0 aliphatic heterocycles. The molecule has 34 heavy (non-hydrogen) atoms. The van der Waals surface area contributed by atoms with Crippen LogP contribution in [0, 0.1) is 17.7 Å². The number of halogens is 4. The maximum atomic E-state index is 15.1. The third kappa shape index (κ3) is 6.05. The topological polar surface area (TPSA) is 0 Å². The molecule has 0 radical (unpaired) electrons. The van der Waals surface area contributed by atoms with Crippen molar-refractivity contribution in [3.8, 4) is 11.8 Å². The SMILES string of the molecule is CCc1ccc(C#Cc2ccc3c(F)c(CCc4ccc(CC(F)(F)F)cc4)ccc3c2)cc1. The normalized spacial score (nSPS) is 11.3. The molecule has 4 aromatic rings. The van der Waals surface area contributed by atoms with Crippen LogP contribution in [-0.4, -0.2) is 6.18 Å². The summed E-state index contributed by atoms with van der Waals surface area (Å²) in [4.78, 5) is 0. The van der Waals surface area contributed by atoms with Crippen LogP contribution in [0.2, 0.25) is 0 Å². The van der Waals surface area contributed by atoms with Crippen LogP contribution in [0.1, 0.15) is 40.3 Å². The Balaban J connectivity index is 1.46. The molecule has 0 nitrogen and oxygen atoms in total. The summed E-state index contributed by atoms with van der Waals surface area (Å²) in [5.74, 6) is 6.04. The first kappa shape index (κ1) is 23.6. The molecular weight excluding hydrogens is 436 g/mol. The van der Waals surface area contributed by atoms with Gasteiger partial charge in [0.2, 0.25) is 0 Å². The van der Waals surface area contributed by atoms with E-state index >= 15 is 4.39 Å². The van der Waals surface area contributed by atoms with Crippen LogP contribution < -0.4 is 0 Å². The van der Waals surface area contributed by atoms with Crippen molar-refractivity contribution in [1.29, 1.82) is 0 Å². The third-order valence-corrected chi connectivity index (χ3v) is 5.86. The number of hydrogen-bond donors (Lipinski definition) is 0. The molecule has 0 bridgehead atoms. The summed E-state index contributed by atoms with van der Waals surface area (Å²) in [7, 11) is 0. The largest absolute Gasteiger partial charge is 0.393 e. The molecule has 0 spiro atoms. The van der Waals surface area contributed by atoms with E-state index in [1.165, 1.54) is 17.7 Å². The number of rotatable bonds is 5. The molecule has 0 aliphatic rings. The molecule has 4 heteroatoms. The van der Waals surface area contributed by atoms with Crippen LogP contribution >= 0.6 is 0 Å². The molecular formula is C30H24F4. The number of aryl methyl sites for hydroxylation is 3. The monoisotopic (exact) mass is 460 g/mol. The van der Waals surface area contributed by atoms with Crippen molar-refractivity contribution < 1.29 is 17.6 Å². The molecule has 172 valence electrons. The Bertz CT molecular complexity index is 1340. The van der Waals surface area contributed by atoms with E-state index in [0.29, 0.717) is 23.8 Å². The van der Waals surface area contributed by atoms with Crippen LogP contribution in [0.25, 0.3) is 10.8 Å². The van der Waals surface area contributed by atoms with Gasteiger partial charge in [-0.05, 0) is 71.2 Å². The summed E-state index contributed by atoms with van der Waals surface area (Å²) in [6, 6.07) is 23.6. The Kier molecular flexibility index (Phi) is 7.03. The number of benzene rings is 4. The average molecular weight is 461 g/mol. The van der Waals surface area contributed by atoms with E-state index < -0.39 is 12.6 Å². The van der Waals surface area contributed by atoms with Crippen LogP contribution in [-0.2, 0) is 25.7 Å². The Morgan fingerprint density at radius 3 is 1.97 bits per heavy atom. The van der Waals surface area contributed by atoms with Gasteiger partial charge in [0.25, 0.3) is 0 Å². The summed E-state index contributed by atoms with van der Waals surface area (Å²) in [5.41, 5.74) is 4.71. The van der Waals surface area contributed by atoms with Gasteiger partial charge in [0, 0.05) is 16.5 Å². The van der Waals surface area contributed by atoms with Crippen molar-refractivity contribution in [1.82, 2.24) is 0 Å². The lowest BCUT2D eigenvalue weighted by Crippen LogP contribution is -2.11. The van der Waals surface area contributed by atoms with Crippen molar-refractivity contribution in [3.05, 3.63) is 118 Å². The van der Waals surface area contributed by atoms with Gasteiger partial charge in [-0.2, -0.15) is 13.2 Å². The summed E-state index contributed by atoms with van der Waals surface area (Å²) in [5, 5.41) is 1.32. The molecule has 0 saturated carbocycles. The minimum absolute atomic E-state index is 0.227. The van der Waals surface area contributed by atoms with Gasteiger partial charge in [0.15, 0.2) is 0 Å². The fraction of sp³-hybridized carbons (Fsp3) is 0.200. The molecule has 0 heterocycles. The molecule has 4 rings (SSSR count). The highest BCUT2D eigenvalue weighted by molar-refractivity contribution is 5.85. The Morgan fingerprint density at radius 2 is 1.29 bits per heavy atom. The van der Waals surface area contributed by atoms with Crippen molar-refractivity contribution >= 4 is 10.8 Å². The molecule has 0 amide bonds. The van der Waals surface area contributed by atoms with Crippen molar-refractivity contribution in [2.24, 2.45) is 0 Å². The minimum Gasteiger partial charge on any atom is -0.206 e. The van der Waals surface area contributed by atoms with Gasteiger partial charge in [0.05, 0.1) is 6.42 Å². The van der Waals surface area contributed by atoms with Crippen LogP contribution in [0.15, 0.2) is 78.9 Å². The minimum atomic E-state index is -4.22. The van der Waals surface area contributed by atoms with Gasteiger partial charge in [-0.25, -0.2) is 4.39 Å². The Morgan fingerprint density at radius 1 is 0.676 bits per heavy atom. The van der Waals surface area contributed by atoms with Crippen molar-refractivity contribution in [2.45, 2.75) is 38.8 Å². The molecule has 0 atom stereocenters. The molecule has 4 aromatic carbocycles. The second kappa shape index (κ2) is 10.1. The van der Waals surface area contributed by atoms with Gasteiger partial charge < -0.3 is 0 Å². The predicted molar refractivity (Wildman–Crippen MR) is 129 cm³/mol. The number of alkyl halides is 3. The number of hydrogen-bond acceptors (Lipinski definition) is 0. The smallest absolute Gasteiger partial charge is 0.206 e. The summed E-state index contributed by atoms with van der Waals surface area (Å²) < 4.78 is 52.6. The highest BCUT2D eigenvalue weighted by Gasteiger charge is 2.27.